The average molecular weight is 371 g/mol. The molecule has 3 rings (SSSR count). The van der Waals surface area contributed by atoms with Gasteiger partial charge in [-0.2, -0.15) is 0 Å². The fraction of sp³-hybridized carbons (Fsp3) is 0.571. The molecule has 1 aliphatic rings. The number of benzene rings is 1. The molecule has 2 heterocycles. The third-order valence-corrected chi connectivity index (χ3v) is 5.27. The summed E-state index contributed by atoms with van der Waals surface area (Å²) in [5.41, 5.74) is 1.20. The summed E-state index contributed by atoms with van der Waals surface area (Å²) in [5, 5.41) is 8.23. The number of aromatic nitrogens is 2. The van der Waals surface area contributed by atoms with Crippen LogP contribution in [0.3, 0.4) is 0 Å². The molecule has 0 saturated carbocycles. The van der Waals surface area contributed by atoms with Gasteiger partial charge in [-0.25, -0.2) is 0 Å². The highest BCUT2D eigenvalue weighted by Gasteiger charge is 2.25. The van der Waals surface area contributed by atoms with Crippen molar-refractivity contribution in [2.45, 2.75) is 64.3 Å². The SMILES string of the molecule is CC[C@@H]1CCCCN1C(=O)CCc1nnc(CCc2ccc(OC)cc2)o1. The molecule has 1 aromatic heterocycles. The smallest absolute Gasteiger partial charge is 0.223 e. The number of aryl methyl sites for hydroxylation is 3. The number of amides is 1. The first-order valence-electron chi connectivity index (χ1n) is 9.93. The summed E-state index contributed by atoms with van der Waals surface area (Å²) >= 11 is 0. The van der Waals surface area contributed by atoms with E-state index in [1.54, 1.807) is 7.11 Å². The van der Waals surface area contributed by atoms with Crippen LogP contribution >= 0.6 is 0 Å². The molecule has 6 nitrogen and oxygen atoms in total. The molecule has 0 radical (unpaired) electrons. The first kappa shape index (κ1) is 19.4. The molecule has 2 aromatic rings. The Morgan fingerprint density at radius 2 is 1.89 bits per heavy atom. The summed E-state index contributed by atoms with van der Waals surface area (Å²) in [7, 11) is 1.66. The molecule has 1 aliphatic heterocycles. The summed E-state index contributed by atoms with van der Waals surface area (Å²) in [4.78, 5) is 14.6. The zero-order chi connectivity index (χ0) is 19.1. The highest BCUT2D eigenvalue weighted by Crippen LogP contribution is 2.21. The van der Waals surface area contributed by atoms with Gasteiger partial charge in [0.25, 0.3) is 0 Å². The van der Waals surface area contributed by atoms with Crippen molar-refractivity contribution in [2.75, 3.05) is 13.7 Å². The Morgan fingerprint density at radius 1 is 1.15 bits per heavy atom. The van der Waals surface area contributed by atoms with Crippen molar-refractivity contribution in [1.82, 2.24) is 15.1 Å². The van der Waals surface area contributed by atoms with Gasteiger partial charge in [0, 0.05) is 31.8 Å². The predicted octanol–water partition coefficient (Wildman–Crippen LogP) is 3.59. The molecule has 1 fully saturated rings. The van der Waals surface area contributed by atoms with Crippen LogP contribution in [0, 0.1) is 0 Å². The van der Waals surface area contributed by atoms with E-state index in [1.165, 1.54) is 12.0 Å². The molecule has 1 aromatic carbocycles. The van der Waals surface area contributed by atoms with E-state index < -0.39 is 0 Å². The molecule has 0 N–H and O–H groups in total. The molecular formula is C21H29N3O3. The summed E-state index contributed by atoms with van der Waals surface area (Å²) < 4.78 is 10.9. The van der Waals surface area contributed by atoms with Gasteiger partial charge in [-0.15, -0.1) is 10.2 Å². The van der Waals surface area contributed by atoms with Gasteiger partial charge in [0.15, 0.2) is 0 Å². The van der Waals surface area contributed by atoms with E-state index in [9.17, 15) is 4.79 Å². The van der Waals surface area contributed by atoms with Crippen molar-refractivity contribution in [2.24, 2.45) is 0 Å². The average Bonchev–Trinajstić information content (AvgIpc) is 3.18. The first-order valence-corrected chi connectivity index (χ1v) is 9.93. The highest BCUT2D eigenvalue weighted by atomic mass is 16.5. The number of hydrogen-bond acceptors (Lipinski definition) is 5. The van der Waals surface area contributed by atoms with Crippen molar-refractivity contribution in [1.29, 1.82) is 0 Å². The van der Waals surface area contributed by atoms with Crippen molar-refractivity contribution >= 4 is 5.91 Å². The Bertz CT molecular complexity index is 727. The maximum Gasteiger partial charge on any atom is 0.223 e. The van der Waals surface area contributed by atoms with Gasteiger partial charge in [0.05, 0.1) is 7.11 Å². The molecule has 146 valence electrons. The van der Waals surface area contributed by atoms with Gasteiger partial charge in [-0.3, -0.25) is 4.79 Å². The number of carbonyl (C=O) groups is 1. The highest BCUT2D eigenvalue weighted by molar-refractivity contribution is 5.76. The maximum atomic E-state index is 12.5. The van der Waals surface area contributed by atoms with Crippen LogP contribution in [-0.4, -0.2) is 40.7 Å². The van der Waals surface area contributed by atoms with Crippen molar-refractivity contribution in [3.8, 4) is 5.75 Å². The summed E-state index contributed by atoms with van der Waals surface area (Å²) in [6.45, 7) is 3.04. The Hall–Kier alpha value is -2.37. The number of rotatable bonds is 8. The molecule has 0 spiro atoms. The van der Waals surface area contributed by atoms with Gasteiger partial charge >= 0.3 is 0 Å². The molecule has 1 amide bonds. The van der Waals surface area contributed by atoms with Crippen molar-refractivity contribution < 1.29 is 13.9 Å². The lowest BCUT2D eigenvalue weighted by Crippen LogP contribution is -2.43. The Morgan fingerprint density at radius 3 is 2.59 bits per heavy atom. The third-order valence-electron chi connectivity index (χ3n) is 5.27. The quantitative estimate of drug-likeness (QED) is 0.709. The van der Waals surface area contributed by atoms with Crippen molar-refractivity contribution in [3.63, 3.8) is 0 Å². The van der Waals surface area contributed by atoms with Crippen LogP contribution in [0.5, 0.6) is 5.75 Å². The predicted molar refractivity (Wildman–Crippen MR) is 103 cm³/mol. The van der Waals surface area contributed by atoms with E-state index in [4.69, 9.17) is 9.15 Å². The Balaban J connectivity index is 1.46. The Kier molecular flexibility index (Phi) is 6.85. The zero-order valence-electron chi connectivity index (χ0n) is 16.3. The molecule has 1 atom stereocenters. The van der Waals surface area contributed by atoms with Gasteiger partial charge < -0.3 is 14.1 Å². The zero-order valence-corrected chi connectivity index (χ0v) is 16.3. The van der Waals surface area contributed by atoms with Crippen molar-refractivity contribution in [3.05, 3.63) is 41.6 Å². The summed E-state index contributed by atoms with van der Waals surface area (Å²) in [6.07, 6.45) is 6.97. The van der Waals surface area contributed by atoms with E-state index in [0.717, 1.165) is 38.0 Å². The number of nitrogens with zero attached hydrogens (tertiary/aromatic N) is 3. The lowest BCUT2D eigenvalue weighted by atomic mass is 9.99. The molecule has 0 unspecified atom stereocenters. The topological polar surface area (TPSA) is 68.5 Å². The molecule has 0 bridgehead atoms. The van der Waals surface area contributed by atoms with E-state index in [2.05, 4.69) is 17.1 Å². The fourth-order valence-electron chi connectivity index (χ4n) is 3.64. The van der Waals surface area contributed by atoms with Crippen LogP contribution in [0.1, 0.15) is 56.4 Å². The van der Waals surface area contributed by atoms with E-state index in [-0.39, 0.29) is 5.91 Å². The van der Waals surface area contributed by atoms with Gasteiger partial charge in [0.1, 0.15) is 5.75 Å². The van der Waals surface area contributed by atoms with Gasteiger partial charge in [-0.1, -0.05) is 19.1 Å². The van der Waals surface area contributed by atoms with Crippen LogP contribution in [0.15, 0.2) is 28.7 Å². The second-order valence-electron chi connectivity index (χ2n) is 7.08. The first-order chi connectivity index (χ1) is 13.2. The third kappa shape index (κ3) is 5.31. The minimum Gasteiger partial charge on any atom is -0.497 e. The van der Waals surface area contributed by atoms with E-state index >= 15 is 0 Å². The largest absolute Gasteiger partial charge is 0.497 e. The molecule has 6 heteroatoms. The minimum absolute atomic E-state index is 0.208. The van der Waals surface area contributed by atoms with Crippen LogP contribution in [0.25, 0.3) is 0 Å². The molecule has 1 saturated heterocycles. The van der Waals surface area contributed by atoms with E-state index in [0.29, 0.717) is 37.1 Å². The number of carbonyl (C=O) groups excluding carboxylic acids is 1. The van der Waals surface area contributed by atoms with E-state index in [1.807, 2.05) is 29.2 Å². The molecule has 27 heavy (non-hydrogen) atoms. The number of ether oxygens (including phenoxy) is 1. The normalized spacial score (nSPS) is 17.1. The van der Waals surface area contributed by atoms with Crippen LogP contribution < -0.4 is 4.74 Å². The van der Waals surface area contributed by atoms with Crippen LogP contribution in [0.2, 0.25) is 0 Å². The second-order valence-corrected chi connectivity index (χ2v) is 7.08. The lowest BCUT2D eigenvalue weighted by Gasteiger charge is -2.35. The number of hydrogen-bond donors (Lipinski definition) is 0. The minimum atomic E-state index is 0.208. The molecule has 0 aliphatic carbocycles. The van der Waals surface area contributed by atoms with Crippen LogP contribution in [-0.2, 0) is 24.1 Å². The lowest BCUT2D eigenvalue weighted by molar-refractivity contribution is -0.135. The number of piperidine rings is 1. The second kappa shape index (κ2) is 9.53. The van der Waals surface area contributed by atoms with Crippen LogP contribution in [0.4, 0.5) is 0 Å². The number of likely N-dealkylation sites (tertiary alicyclic amines) is 1. The number of methoxy groups -OCH3 is 1. The standard InChI is InChI=1S/C21H29N3O3/c1-3-17-6-4-5-15-24(17)21(25)14-13-20-23-22-19(27-20)12-9-16-7-10-18(26-2)11-8-16/h7-8,10-11,17H,3-6,9,12-15H2,1-2H3/t17-/m1/s1. The fourth-order valence-corrected chi connectivity index (χ4v) is 3.64. The van der Waals surface area contributed by atoms with Gasteiger partial charge in [-0.05, 0) is 49.8 Å². The summed E-state index contributed by atoms with van der Waals surface area (Å²) in [5.74, 6) is 2.23. The van der Waals surface area contributed by atoms with Gasteiger partial charge in [0.2, 0.25) is 17.7 Å². The Labute approximate surface area is 160 Å². The monoisotopic (exact) mass is 371 g/mol. The summed E-state index contributed by atoms with van der Waals surface area (Å²) in [6, 6.07) is 8.37. The maximum absolute atomic E-state index is 12.5. The molecular weight excluding hydrogens is 342 g/mol.